The van der Waals surface area contributed by atoms with Gasteiger partial charge in [0.25, 0.3) is 11.5 Å². The zero-order valence-corrected chi connectivity index (χ0v) is 26.3. The lowest BCUT2D eigenvalue weighted by Gasteiger charge is -2.16. The van der Waals surface area contributed by atoms with Crippen LogP contribution < -0.4 is 31.8 Å². The van der Waals surface area contributed by atoms with E-state index in [0.29, 0.717) is 22.6 Å². The first kappa shape index (κ1) is 32.4. The molecule has 0 bridgehead atoms. The van der Waals surface area contributed by atoms with Crippen molar-refractivity contribution < 1.29 is 23.0 Å². The number of carbonyl (C=O) groups is 1. The Morgan fingerprint density at radius 2 is 1.53 bits per heavy atom. The van der Waals surface area contributed by atoms with Crippen molar-refractivity contribution in [2.45, 2.75) is 19.9 Å². The number of hydrogen-bond acceptors (Lipinski definition) is 7. The van der Waals surface area contributed by atoms with Gasteiger partial charge in [-0.15, -0.1) is 0 Å². The number of para-hydroxylation sites is 1. The number of rotatable bonds is 9. The fourth-order valence-corrected chi connectivity index (χ4v) is 5.04. The van der Waals surface area contributed by atoms with Crippen LogP contribution in [0.3, 0.4) is 0 Å². The Bertz CT molecular complexity index is 2270. The number of aromatic nitrogens is 3. The SMILES string of the molecule is CC(C)n1cc(C(=O)Nc2ccc(Oc3ccnc(N)c3-c3ccc(Oc4ccccc4)cc3)c(F)c2)c(=O)n(-c2ccc(F)cc2)c1=O. The fourth-order valence-electron chi connectivity index (χ4n) is 5.04. The summed E-state index contributed by atoms with van der Waals surface area (Å²) in [6.07, 6.45) is 2.58. The molecule has 0 fully saturated rings. The van der Waals surface area contributed by atoms with Crippen LogP contribution in [0.1, 0.15) is 30.2 Å². The summed E-state index contributed by atoms with van der Waals surface area (Å²) in [6, 6.07) is 26.0. The third-order valence-corrected chi connectivity index (χ3v) is 7.47. The molecule has 2 aromatic heterocycles. The Morgan fingerprint density at radius 3 is 2.20 bits per heavy atom. The highest BCUT2D eigenvalue weighted by atomic mass is 19.1. The number of amides is 1. The zero-order valence-electron chi connectivity index (χ0n) is 26.3. The van der Waals surface area contributed by atoms with E-state index in [1.165, 1.54) is 35.0 Å². The second-order valence-electron chi connectivity index (χ2n) is 11.2. The molecule has 0 spiro atoms. The number of hydrogen-bond donors (Lipinski definition) is 2. The van der Waals surface area contributed by atoms with E-state index in [-0.39, 0.29) is 34.3 Å². The summed E-state index contributed by atoms with van der Waals surface area (Å²) >= 11 is 0. The van der Waals surface area contributed by atoms with Gasteiger partial charge in [-0.25, -0.2) is 23.1 Å². The molecule has 3 N–H and O–H groups in total. The Labute approximate surface area is 278 Å². The van der Waals surface area contributed by atoms with E-state index in [9.17, 15) is 18.8 Å². The zero-order chi connectivity index (χ0) is 34.7. The maximum absolute atomic E-state index is 15.4. The molecule has 0 aliphatic heterocycles. The van der Waals surface area contributed by atoms with Gasteiger partial charge in [-0.3, -0.25) is 14.2 Å². The molecule has 6 rings (SSSR count). The molecule has 0 aliphatic rings. The van der Waals surface area contributed by atoms with Crippen LogP contribution in [-0.4, -0.2) is 20.0 Å². The van der Waals surface area contributed by atoms with Crippen molar-refractivity contribution in [1.82, 2.24) is 14.1 Å². The maximum atomic E-state index is 15.4. The molecule has 12 heteroatoms. The minimum absolute atomic E-state index is 0.0216. The summed E-state index contributed by atoms with van der Waals surface area (Å²) in [6.45, 7) is 3.40. The number of nitrogens with one attached hydrogen (secondary N) is 1. The van der Waals surface area contributed by atoms with Crippen molar-refractivity contribution >= 4 is 17.4 Å². The minimum Gasteiger partial charge on any atom is -0.457 e. The highest BCUT2D eigenvalue weighted by molar-refractivity contribution is 6.04. The van der Waals surface area contributed by atoms with Gasteiger partial charge in [0.1, 0.15) is 34.4 Å². The molecule has 10 nitrogen and oxygen atoms in total. The monoisotopic (exact) mass is 661 g/mol. The van der Waals surface area contributed by atoms with E-state index in [1.54, 1.807) is 44.2 Å². The van der Waals surface area contributed by atoms with Crippen molar-refractivity contribution in [2.24, 2.45) is 0 Å². The van der Waals surface area contributed by atoms with Gasteiger partial charge in [0.2, 0.25) is 0 Å². The number of anilines is 2. The molecule has 0 saturated carbocycles. The van der Waals surface area contributed by atoms with Crippen molar-refractivity contribution in [2.75, 3.05) is 11.1 Å². The van der Waals surface area contributed by atoms with Gasteiger partial charge in [-0.1, -0.05) is 30.3 Å². The summed E-state index contributed by atoms with van der Waals surface area (Å²) in [5, 5.41) is 2.51. The number of halogens is 2. The third kappa shape index (κ3) is 6.93. The Hall–Kier alpha value is -6.56. The van der Waals surface area contributed by atoms with Crippen LogP contribution >= 0.6 is 0 Å². The quantitative estimate of drug-likeness (QED) is 0.166. The molecular formula is C37H29F2N5O5. The lowest BCUT2D eigenvalue weighted by Crippen LogP contribution is -2.42. The van der Waals surface area contributed by atoms with Gasteiger partial charge >= 0.3 is 5.69 Å². The second kappa shape index (κ2) is 13.7. The van der Waals surface area contributed by atoms with E-state index in [2.05, 4.69) is 10.3 Å². The summed E-state index contributed by atoms with van der Waals surface area (Å²) in [4.78, 5) is 44.0. The average molecular weight is 662 g/mol. The molecule has 0 saturated heterocycles. The minimum atomic E-state index is -0.922. The largest absolute Gasteiger partial charge is 0.457 e. The van der Waals surface area contributed by atoms with E-state index >= 15 is 4.39 Å². The number of nitrogen functional groups attached to an aromatic ring is 1. The summed E-state index contributed by atoms with van der Waals surface area (Å²) in [7, 11) is 0. The van der Waals surface area contributed by atoms with Crippen molar-refractivity contribution in [1.29, 1.82) is 0 Å². The van der Waals surface area contributed by atoms with Crippen LogP contribution in [0.2, 0.25) is 0 Å². The summed E-state index contributed by atoms with van der Waals surface area (Å²) in [5.74, 6) is -0.756. The van der Waals surface area contributed by atoms with Crippen LogP contribution in [-0.2, 0) is 0 Å². The topological polar surface area (TPSA) is 130 Å². The summed E-state index contributed by atoms with van der Waals surface area (Å²) < 4.78 is 42.8. The Balaban J connectivity index is 1.24. The summed E-state index contributed by atoms with van der Waals surface area (Å²) in [5.41, 5.74) is 5.40. The molecule has 0 radical (unpaired) electrons. The normalized spacial score (nSPS) is 11.0. The number of nitrogens with zero attached hydrogens (tertiary/aromatic N) is 3. The molecule has 0 unspecified atom stereocenters. The standard InChI is InChI=1S/C37H29F2N5O5/c1-22(2)43-21-29(36(46)44(37(43)47)26-13-10-24(38)11-14-26)35(45)42-25-12-17-31(30(39)20-25)49-32-18-19-41-34(40)33(32)23-8-15-28(16-9-23)48-27-6-4-3-5-7-27/h3-22H,1-2H3,(H2,40,41)(H,42,45). The molecule has 1 amide bonds. The first-order valence-corrected chi connectivity index (χ1v) is 15.1. The first-order chi connectivity index (χ1) is 23.6. The van der Waals surface area contributed by atoms with Crippen LogP contribution in [0, 0.1) is 11.6 Å². The average Bonchev–Trinajstić information content (AvgIpc) is 3.08. The Kier molecular flexibility index (Phi) is 9.03. The first-order valence-electron chi connectivity index (χ1n) is 15.1. The van der Waals surface area contributed by atoms with Crippen molar-refractivity contribution in [3.63, 3.8) is 0 Å². The number of pyridine rings is 1. The lowest BCUT2D eigenvalue weighted by atomic mass is 10.1. The number of ether oxygens (including phenoxy) is 2. The van der Waals surface area contributed by atoms with Gasteiger partial charge < -0.3 is 20.5 Å². The molecule has 2 heterocycles. The predicted molar refractivity (Wildman–Crippen MR) is 182 cm³/mol. The van der Waals surface area contributed by atoms with E-state index in [0.717, 1.165) is 29.0 Å². The Morgan fingerprint density at radius 1 is 0.837 bits per heavy atom. The van der Waals surface area contributed by atoms with E-state index < -0.39 is 34.8 Å². The molecule has 6 aromatic rings. The van der Waals surface area contributed by atoms with Gasteiger partial charge in [0.15, 0.2) is 11.6 Å². The lowest BCUT2D eigenvalue weighted by molar-refractivity contribution is 0.102. The fraction of sp³-hybridized carbons (Fsp3) is 0.0811. The van der Waals surface area contributed by atoms with Gasteiger partial charge in [-0.2, -0.15) is 0 Å². The van der Waals surface area contributed by atoms with Crippen molar-refractivity contribution in [3.05, 3.63) is 154 Å². The molecule has 0 atom stereocenters. The third-order valence-electron chi connectivity index (χ3n) is 7.47. The maximum Gasteiger partial charge on any atom is 0.335 e. The molecule has 0 aliphatic carbocycles. The van der Waals surface area contributed by atoms with Gasteiger partial charge in [0, 0.05) is 30.2 Å². The van der Waals surface area contributed by atoms with Crippen LogP contribution in [0.4, 0.5) is 20.3 Å². The van der Waals surface area contributed by atoms with Crippen LogP contribution in [0.15, 0.2) is 125 Å². The number of carbonyl (C=O) groups excluding carboxylic acids is 1. The number of nitrogens with two attached hydrogens (primary N) is 1. The molecule has 4 aromatic carbocycles. The van der Waals surface area contributed by atoms with Crippen molar-refractivity contribution in [3.8, 4) is 39.8 Å². The second-order valence-corrected chi connectivity index (χ2v) is 11.2. The molecular weight excluding hydrogens is 632 g/mol. The highest BCUT2D eigenvalue weighted by Crippen LogP contribution is 2.38. The van der Waals surface area contributed by atoms with Gasteiger partial charge in [-0.05, 0) is 86.1 Å². The smallest absolute Gasteiger partial charge is 0.335 e. The molecule has 49 heavy (non-hydrogen) atoms. The number of benzene rings is 4. The van der Waals surface area contributed by atoms with Gasteiger partial charge in [0.05, 0.1) is 11.3 Å². The van der Waals surface area contributed by atoms with E-state index in [4.69, 9.17) is 15.2 Å². The molecule has 246 valence electrons. The highest BCUT2D eigenvalue weighted by Gasteiger charge is 2.21. The predicted octanol–water partition coefficient (Wildman–Crippen LogP) is 7.34. The van der Waals surface area contributed by atoms with E-state index in [1.807, 2.05) is 30.3 Å². The van der Waals surface area contributed by atoms with Crippen LogP contribution in [0.5, 0.6) is 23.0 Å². The van der Waals surface area contributed by atoms with Crippen LogP contribution in [0.25, 0.3) is 16.8 Å².